The third-order valence-corrected chi connectivity index (χ3v) is 5.12. The molecule has 0 fully saturated rings. The number of sulfone groups is 1. The highest BCUT2D eigenvalue weighted by atomic mass is 32.2. The van der Waals surface area contributed by atoms with Crippen LogP contribution < -0.4 is 5.32 Å². The minimum absolute atomic E-state index is 0.00902. The normalized spacial score (nSPS) is 29.1. The molecule has 0 spiro atoms. The van der Waals surface area contributed by atoms with Crippen LogP contribution in [0.5, 0.6) is 0 Å². The van der Waals surface area contributed by atoms with Gasteiger partial charge in [-0.25, -0.2) is 8.42 Å². The molecule has 2 aliphatic rings. The number of hydrogen-bond acceptors (Lipinski definition) is 3. The minimum Gasteiger partial charge on any atom is -0.306 e. The Labute approximate surface area is 108 Å². The molecular weight excluding hydrogens is 246 g/mol. The molecular formula is C14H17NO2S. The van der Waals surface area contributed by atoms with E-state index in [2.05, 4.69) is 29.6 Å². The summed E-state index contributed by atoms with van der Waals surface area (Å²) >= 11 is 0. The van der Waals surface area contributed by atoms with Crippen LogP contribution in [-0.2, 0) is 22.7 Å². The van der Waals surface area contributed by atoms with Gasteiger partial charge in [0, 0.05) is 17.5 Å². The highest BCUT2D eigenvalue weighted by Crippen LogP contribution is 2.22. The summed E-state index contributed by atoms with van der Waals surface area (Å²) in [7, 11) is -2.95. The number of benzene rings is 1. The van der Waals surface area contributed by atoms with E-state index < -0.39 is 9.84 Å². The molecule has 0 amide bonds. The molecule has 3 nitrogen and oxygen atoms in total. The van der Waals surface area contributed by atoms with E-state index in [0.29, 0.717) is 6.04 Å². The third kappa shape index (κ3) is 2.49. The fraction of sp³-hybridized carbons (Fsp3) is 0.429. The molecule has 1 aliphatic heterocycles. The molecule has 1 aliphatic carbocycles. The quantitative estimate of drug-likeness (QED) is 0.878. The van der Waals surface area contributed by atoms with Crippen LogP contribution in [0.25, 0.3) is 0 Å². The molecule has 0 radical (unpaired) electrons. The predicted molar refractivity (Wildman–Crippen MR) is 72.1 cm³/mol. The van der Waals surface area contributed by atoms with Gasteiger partial charge in [0.15, 0.2) is 9.84 Å². The molecule has 1 aromatic carbocycles. The van der Waals surface area contributed by atoms with E-state index in [-0.39, 0.29) is 11.8 Å². The maximum absolute atomic E-state index is 11.4. The number of aryl methyl sites for hydroxylation is 1. The average Bonchev–Trinajstić information content (AvgIpc) is 2.68. The van der Waals surface area contributed by atoms with E-state index in [9.17, 15) is 8.42 Å². The van der Waals surface area contributed by atoms with Crippen molar-refractivity contribution in [1.29, 1.82) is 0 Å². The van der Waals surface area contributed by atoms with Crippen molar-refractivity contribution in [1.82, 2.24) is 5.32 Å². The van der Waals surface area contributed by atoms with Gasteiger partial charge < -0.3 is 5.32 Å². The summed E-state index contributed by atoms with van der Waals surface area (Å²) in [5.74, 6) is 0.213. The molecule has 0 aromatic heterocycles. The summed E-state index contributed by atoms with van der Waals surface area (Å²) in [6, 6.07) is 8.89. The SMILES string of the molecule is O=S1(=O)C=CC(NC2CCc3ccccc3C2)C1. The first kappa shape index (κ1) is 11.9. The Morgan fingerprint density at radius 2 is 1.94 bits per heavy atom. The van der Waals surface area contributed by atoms with Gasteiger partial charge in [-0.2, -0.15) is 0 Å². The molecule has 1 aromatic rings. The Morgan fingerprint density at radius 3 is 2.67 bits per heavy atom. The topological polar surface area (TPSA) is 46.2 Å². The van der Waals surface area contributed by atoms with E-state index >= 15 is 0 Å². The zero-order valence-electron chi connectivity index (χ0n) is 10.2. The van der Waals surface area contributed by atoms with Crippen LogP contribution in [0.15, 0.2) is 35.7 Å². The van der Waals surface area contributed by atoms with Gasteiger partial charge in [0.25, 0.3) is 0 Å². The summed E-state index contributed by atoms with van der Waals surface area (Å²) in [6.07, 6.45) is 4.94. The van der Waals surface area contributed by atoms with Crippen LogP contribution in [0.1, 0.15) is 17.5 Å². The Kier molecular flexibility index (Phi) is 2.99. The number of rotatable bonds is 2. The van der Waals surface area contributed by atoms with Gasteiger partial charge in [-0.3, -0.25) is 0 Å². The number of nitrogens with one attached hydrogen (secondary N) is 1. The van der Waals surface area contributed by atoms with E-state index in [1.54, 1.807) is 6.08 Å². The van der Waals surface area contributed by atoms with Crippen molar-refractivity contribution in [3.05, 3.63) is 46.9 Å². The van der Waals surface area contributed by atoms with Crippen LogP contribution in [0, 0.1) is 0 Å². The zero-order valence-corrected chi connectivity index (χ0v) is 11.0. The molecule has 3 rings (SSSR count). The van der Waals surface area contributed by atoms with Gasteiger partial charge in [0.05, 0.1) is 5.75 Å². The largest absolute Gasteiger partial charge is 0.306 e. The van der Waals surface area contributed by atoms with Crippen LogP contribution in [0.3, 0.4) is 0 Å². The lowest BCUT2D eigenvalue weighted by molar-refractivity contribution is 0.440. The van der Waals surface area contributed by atoms with Crippen molar-refractivity contribution < 1.29 is 8.42 Å². The van der Waals surface area contributed by atoms with Gasteiger partial charge in [0.1, 0.15) is 0 Å². The molecule has 1 heterocycles. The van der Waals surface area contributed by atoms with E-state index in [1.165, 1.54) is 16.5 Å². The van der Waals surface area contributed by atoms with Crippen molar-refractivity contribution in [2.45, 2.75) is 31.3 Å². The van der Waals surface area contributed by atoms with Gasteiger partial charge in [0.2, 0.25) is 0 Å². The van der Waals surface area contributed by atoms with Gasteiger partial charge in [-0.15, -0.1) is 0 Å². The lowest BCUT2D eigenvalue weighted by atomic mass is 9.88. The predicted octanol–water partition coefficient (Wildman–Crippen LogP) is 1.44. The van der Waals surface area contributed by atoms with Crippen LogP contribution >= 0.6 is 0 Å². The average molecular weight is 263 g/mol. The second-order valence-corrected chi connectivity index (χ2v) is 7.07. The van der Waals surface area contributed by atoms with Crippen molar-refractivity contribution in [2.75, 3.05) is 5.75 Å². The summed E-state index contributed by atoms with van der Waals surface area (Å²) in [6.45, 7) is 0. The summed E-state index contributed by atoms with van der Waals surface area (Å²) in [5.41, 5.74) is 2.83. The van der Waals surface area contributed by atoms with Crippen molar-refractivity contribution in [3.8, 4) is 0 Å². The zero-order chi connectivity index (χ0) is 12.6. The first-order valence-corrected chi connectivity index (χ1v) is 8.08. The molecule has 96 valence electrons. The molecule has 2 atom stereocenters. The fourth-order valence-electron chi connectivity index (χ4n) is 2.82. The monoisotopic (exact) mass is 263 g/mol. The van der Waals surface area contributed by atoms with Crippen molar-refractivity contribution in [2.24, 2.45) is 0 Å². The van der Waals surface area contributed by atoms with Crippen LogP contribution in [0.2, 0.25) is 0 Å². The smallest absolute Gasteiger partial charge is 0.173 e. The van der Waals surface area contributed by atoms with E-state index in [0.717, 1.165) is 19.3 Å². The highest BCUT2D eigenvalue weighted by Gasteiger charge is 2.25. The number of fused-ring (bicyclic) bond motifs is 1. The second-order valence-electron chi connectivity index (χ2n) is 5.14. The first-order valence-electron chi connectivity index (χ1n) is 6.36. The maximum Gasteiger partial charge on any atom is 0.173 e. The molecule has 0 bridgehead atoms. The molecule has 0 saturated carbocycles. The van der Waals surface area contributed by atoms with E-state index in [1.807, 2.05) is 0 Å². The van der Waals surface area contributed by atoms with Gasteiger partial charge >= 0.3 is 0 Å². The van der Waals surface area contributed by atoms with Crippen LogP contribution in [-0.4, -0.2) is 26.3 Å². The summed E-state index contributed by atoms with van der Waals surface area (Å²) in [5, 5.41) is 4.78. The Hall–Kier alpha value is -1.13. The first-order chi connectivity index (χ1) is 8.62. The van der Waals surface area contributed by atoms with Crippen LogP contribution in [0.4, 0.5) is 0 Å². The minimum atomic E-state index is -2.95. The van der Waals surface area contributed by atoms with Crippen molar-refractivity contribution >= 4 is 9.84 Å². The summed E-state index contributed by atoms with van der Waals surface area (Å²) < 4.78 is 22.7. The van der Waals surface area contributed by atoms with Crippen molar-refractivity contribution in [3.63, 3.8) is 0 Å². The summed E-state index contributed by atoms with van der Waals surface area (Å²) in [4.78, 5) is 0. The lowest BCUT2D eigenvalue weighted by Gasteiger charge is -2.27. The molecule has 1 N–H and O–H groups in total. The standard InChI is InChI=1S/C14H17NO2S/c16-18(17)8-7-14(10-18)15-13-6-5-11-3-1-2-4-12(11)9-13/h1-4,7-8,13-15H,5-6,9-10H2. The highest BCUT2D eigenvalue weighted by molar-refractivity contribution is 7.94. The Morgan fingerprint density at radius 1 is 1.17 bits per heavy atom. The number of hydrogen-bond donors (Lipinski definition) is 1. The van der Waals surface area contributed by atoms with Gasteiger partial charge in [-0.1, -0.05) is 30.3 Å². The molecule has 4 heteroatoms. The fourth-order valence-corrected chi connectivity index (χ4v) is 4.07. The lowest BCUT2D eigenvalue weighted by Crippen LogP contribution is -2.42. The van der Waals surface area contributed by atoms with Gasteiger partial charge in [-0.05, 0) is 30.4 Å². The molecule has 2 unspecified atom stereocenters. The Bertz CT molecular complexity index is 577. The third-order valence-electron chi connectivity index (χ3n) is 3.73. The molecule has 0 saturated heterocycles. The Balaban J connectivity index is 1.66. The van der Waals surface area contributed by atoms with E-state index in [4.69, 9.17) is 0 Å². The molecule has 18 heavy (non-hydrogen) atoms. The maximum atomic E-state index is 11.4. The second kappa shape index (κ2) is 4.52.